The molecule has 3 rings (SSSR count). The van der Waals surface area contributed by atoms with Crippen LogP contribution in [0.15, 0.2) is 59.3 Å². The fourth-order valence-electron chi connectivity index (χ4n) is 2.72. The van der Waals surface area contributed by atoms with Crippen LogP contribution in [0.1, 0.15) is 12.0 Å². The lowest BCUT2D eigenvalue weighted by molar-refractivity contribution is -0.112. The van der Waals surface area contributed by atoms with E-state index in [0.717, 1.165) is 6.26 Å². The highest BCUT2D eigenvalue weighted by Gasteiger charge is 2.17. The van der Waals surface area contributed by atoms with Gasteiger partial charge in [0.15, 0.2) is 11.5 Å². The first-order valence-corrected chi connectivity index (χ1v) is 12.9. The molecular formula is C23H22N4O6S2. The summed E-state index contributed by atoms with van der Waals surface area (Å²) in [5.74, 6) is 1.25. The Labute approximate surface area is 206 Å². The smallest absolute Gasteiger partial charge is 0.268 e. The zero-order valence-corrected chi connectivity index (χ0v) is 20.6. The summed E-state index contributed by atoms with van der Waals surface area (Å²) in [6, 6.07) is 16.1. The first-order chi connectivity index (χ1) is 16.8. The largest absolute Gasteiger partial charge is 0.493 e. The normalized spacial score (nSPS) is 11.4. The van der Waals surface area contributed by atoms with E-state index in [1.54, 1.807) is 31.4 Å². The van der Waals surface area contributed by atoms with Crippen molar-refractivity contribution < 1.29 is 27.4 Å². The second-order valence-electron chi connectivity index (χ2n) is 7.05. The van der Waals surface area contributed by atoms with Crippen molar-refractivity contribution >= 4 is 38.5 Å². The van der Waals surface area contributed by atoms with Crippen molar-refractivity contribution in [1.82, 2.24) is 9.36 Å². The van der Waals surface area contributed by atoms with Gasteiger partial charge in [-0.2, -0.15) is 14.6 Å². The molecular weight excluding hydrogens is 492 g/mol. The molecule has 35 heavy (non-hydrogen) atoms. The van der Waals surface area contributed by atoms with Gasteiger partial charge in [0.25, 0.3) is 11.1 Å². The van der Waals surface area contributed by atoms with Crippen LogP contribution < -0.4 is 19.5 Å². The van der Waals surface area contributed by atoms with Crippen molar-refractivity contribution in [1.29, 1.82) is 5.26 Å². The molecule has 1 amide bonds. The molecule has 0 bridgehead atoms. The molecule has 0 spiro atoms. The van der Waals surface area contributed by atoms with Crippen LogP contribution in [-0.2, 0) is 14.6 Å². The molecule has 0 radical (unpaired) electrons. The van der Waals surface area contributed by atoms with Gasteiger partial charge in [-0.1, -0.05) is 24.3 Å². The van der Waals surface area contributed by atoms with Gasteiger partial charge in [0, 0.05) is 24.2 Å². The molecule has 12 heteroatoms. The standard InChI is InChI=1S/C23H22N4O6S2/c1-31-19-6-3-4-7-20(19)33-13-5-12-32-18-10-8-16(9-11-18)14-17(15-24)21(28)25-22-26-23(27-34-22)35(2,29)30/h3-4,6-11,14H,5,12-13H2,1-2H3,(H,25,26,27,28). The molecule has 0 atom stereocenters. The maximum atomic E-state index is 12.4. The number of anilines is 1. The minimum Gasteiger partial charge on any atom is -0.493 e. The summed E-state index contributed by atoms with van der Waals surface area (Å²) in [5, 5.41) is 11.3. The predicted molar refractivity (Wildman–Crippen MR) is 130 cm³/mol. The Bertz CT molecular complexity index is 1340. The Balaban J connectivity index is 1.50. The molecule has 0 unspecified atom stereocenters. The van der Waals surface area contributed by atoms with E-state index in [9.17, 15) is 18.5 Å². The van der Waals surface area contributed by atoms with E-state index >= 15 is 0 Å². The Morgan fingerprint density at radius 1 is 1.11 bits per heavy atom. The molecule has 0 aliphatic carbocycles. The minimum atomic E-state index is -3.59. The molecule has 2 aromatic carbocycles. The highest BCUT2D eigenvalue weighted by molar-refractivity contribution is 7.90. The van der Waals surface area contributed by atoms with Crippen LogP contribution in [0.3, 0.4) is 0 Å². The van der Waals surface area contributed by atoms with Crippen molar-refractivity contribution in [3.8, 4) is 23.3 Å². The number of methoxy groups -OCH3 is 1. The number of amides is 1. The molecule has 1 aromatic heterocycles. The van der Waals surface area contributed by atoms with Crippen molar-refractivity contribution in [3.63, 3.8) is 0 Å². The number of hydrogen-bond acceptors (Lipinski definition) is 10. The molecule has 10 nitrogen and oxygen atoms in total. The van der Waals surface area contributed by atoms with Gasteiger partial charge in [-0.05, 0) is 35.9 Å². The quantitative estimate of drug-likeness (QED) is 0.232. The zero-order valence-electron chi connectivity index (χ0n) is 18.9. The minimum absolute atomic E-state index is 0.0185. The number of aromatic nitrogens is 2. The summed E-state index contributed by atoms with van der Waals surface area (Å²) in [6.07, 6.45) is 3.02. The third-order valence-corrected chi connectivity index (χ3v) is 5.99. The Morgan fingerprint density at radius 3 is 2.43 bits per heavy atom. The third kappa shape index (κ3) is 7.53. The number of carbonyl (C=O) groups excluding carboxylic acids is 1. The topological polar surface area (TPSA) is 140 Å². The molecule has 1 N–H and O–H groups in total. The average Bonchev–Trinajstić information content (AvgIpc) is 3.32. The van der Waals surface area contributed by atoms with E-state index in [-0.39, 0.29) is 15.9 Å². The van der Waals surface area contributed by atoms with Gasteiger partial charge >= 0.3 is 0 Å². The summed E-state index contributed by atoms with van der Waals surface area (Å²) in [6.45, 7) is 0.898. The van der Waals surface area contributed by atoms with Crippen molar-refractivity contribution in [2.45, 2.75) is 11.6 Å². The van der Waals surface area contributed by atoms with Crippen molar-refractivity contribution in [2.24, 2.45) is 0 Å². The fourth-order valence-corrected chi connectivity index (χ4v) is 4.16. The summed E-state index contributed by atoms with van der Waals surface area (Å²) < 4.78 is 43.2. The number of nitrogens with zero attached hydrogens (tertiary/aromatic N) is 3. The van der Waals surface area contributed by atoms with Crippen molar-refractivity contribution in [2.75, 3.05) is 31.9 Å². The summed E-state index contributed by atoms with van der Waals surface area (Å²) in [5.41, 5.74) is 0.431. The number of nitrogens with one attached hydrogen (secondary N) is 1. The van der Waals surface area contributed by atoms with Crippen LogP contribution in [0, 0.1) is 11.3 Å². The van der Waals surface area contributed by atoms with E-state index < -0.39 is 15.7 Å². The van der Waals surface area contributed by atoms with Gasteiger partial charge in [0.2, 0.25) is 15.0 Å². The van der Waals surface area contributed by atoms with Crippen LogP contribution in [0.25, 0.3) is 6.08 Å². The van der Waals surface area contributed by atoms with E-state index in [1.165, 1.54) is 6.08 Å². The number of carbonyl (C=O) groups is 1. The molecule has 0 saturated heterocycles. The number of ether oxygens (including phenoxy) is 3. The lowest BCUT2D eigenvalue weighted by atomic mass is 10.1. The van der Waals surface area contributed by atoms with Crippen LogP contribution in [0.5, 0.6) is 17.2 Å². The number of benzene rings is 2. The average molecular weight is 515 g/mol. The highest BCUT2D eigenvalue weighted by atomic mass is 32.2. The maximum absolute atomic E-state index is 12.4. The van der Waals surface area contributed by atoms with Gasteiger partial charge in [-0.25, -0.2) is 8.42 Å². The molecule has 182 valence electrons. The van der Waals surface area contributed by atoms with Gasteiger partial charge < -0.3 is 14.2 Å². The van der Waals surface area contributed by atoms with Crippen LogP contribution in [0.2, 0.25) is 0 Å². The van der Waals surface area contributed by atoms with Crippen LogP contribution in [-0.4, -0.2) is 50.3 Å². The first-order valence-electron chi connectivity index (χ1n) is 10.3. The molecule has 0 fully saturated rings. The van der Waals surface area contributed by atoms with Gasteiger partial charge in [0.1, 0.15) is 17.4 Å². The van der Waals surface area contributed by atoms with Crippen molar-refractivity contribution in [3.05, 3.63) is 59.7 Å². The second kappa shape index (κ2) is 12.0. The number of rotatable bonds is 11. The number of para-hydroxylation sites is 2. The molecule has 0 aliphatic heterocycles. The zero-order chi connectivity index (χ0) is 25.3. The monoisotopic (exact) mass is 514 g/mol. The Hall–Kier alpha value is -3.95. The highest BCUT2D eigenvalue weighted by Crippen LogP contribution is 2.25. The summed E-state index contributed by atoms with van der Waals surface area (Å²) in [7, 11) is -2.00. The summed E-state index contributed by atoms with van der Waals surface area (Å²) >= 11 is 0.712. The number of sulfone groups is 1. The Morgan fingerprint density at radius 2 is 1.80 bits per heavy atom. The molecule has 3 aromatic rings. The van der Waals surface area contributed by atoms with Crippen LogP contribution in [0.4, 0.5) is 5.13 Å². The molecule has 0 saturated carbocycles. The van der Waals surface area contributed by atoms with E-state index in [2.05, 4.69) is 14.7 Å². The lowest BCUT2D eigenvalue weighted by Crippen LogP contribution is -2.13. The van der Waals surface area contributed by atoms with Gasteiger partial charge in [-0.15, -0.1) is 0 Å². The summed E-state index contributed by atoms with van der Waals surface area (Å²) in [4.78, 5) is 16.1. The molecule has 0 aliphatic rings. The Kier molecular flexibility index (Phi) is 8.77. The maximum Gasteiger partial charge on any atom is 0.268 e. The molecule has 1 heterocycles. The van der Waals surface area contributed by atoms with E-state index in [0.29, 0.717) is 54.0 Å². The number of nitriles is 1. The van der Waals surface area contributed by atoms with E-state index in [4.69, 9.17) is 14.2 Å². The number of hydrogen-bond donors (Lipinski definition) is 1. The SMILES string of the molecule is COc1ccccc1OCCCOc1ccc(C=C(C#N)C(=O)Nc2nc(S(C)(=O)=O)ns2)cc1. The second-order valence-corrected chi connectivity index (χ2v) is 9.71. The predicted octanol–water partition coefficient (Wildman–Crippen LogP) is 3.34. The van der Waals surface area contributed by atoms with E-state index in [1.807, 2.05) is 30.3 Å². The lowest BCUT2D eigenvalue weighted by Gasteiger charge is -2.11. The first kappa shape index (κ1) is 25.7. The van der Waals surface area contributed by atoms with Gasteiger partial charge in [0.05, 0.1) is 20.3 Å². The van der Waals surface area contributed by atoms with Crippen LogP contribution >= 0.6 is 11.5 Å². The fraction of sp³-hybridized carbons (Fsp3) is 0.217. The van der Waals surface area contributed by atoms with Gasteiger partial charge in [-0.3, -0.25) is 10.1 Å². The third-order valence-electron chi connectivity index (χ3n) is 4.40.